The molecule has 0 aliphatic heterocycles. The van der Waals surface area contributed by atoms with Gasteiger partial charge >= 0.3 is 6.36 Å². The third kappa shape index (κ3) is 6.54. The van der Waals surface area contributed by atoms with Crippen LogP contribution < -0.4 is 10.5 Å². The fourth-order valence-corrected chi connectivity index (χ4v) is 2.15. The van der Waals surface area contributed by atoms with Crippen molar-refractivity contribution in [3.8, 4) is 5.75 Å². The SMILES string of the molecule is CN(Cc1ccccc1OC(F)(F)F)C(=O)Cc1ccc(N)cc1.Cl. The van der Waals surface area contributed by atoms with Gasteiger partial charge in [0, 0.05) is 24.8 Å². The summed E-state index contributed by atoms with van der Waals surface area (Å²) in [6.45, 7) is 0.0139. The fourth-order valence-electron chi connectivity index (χ4n) is 2.15. The zero-order valence-electron chi connectivity index (χ0n) is 13.4. The van der Waals surface area contributed by atoms with Gasteiger partial charge in [-0.2, -0.15) is 0 Å². The van der Waals surface area contributed by atoms with Gasteiger partial charge in [0.2, 0.25) is 5.91 Å². The maximum absolute atomic E-state index is 12.4. The third-order valence-corrected chi connectivity index (χ3v) is 3.37. The number of alkyl halides is 3. The zero-order valence-corrected chi connectivity index (χ0v) is 14.2. The van der Waals surface area contributed by atoms with E-state index < -0.39 is 6.36 Å². The highest BCUT2D eigenvalue weighted by molar-refractivity contribution is 5.85. The molecule has 2 N–H and O–H groups in total. The van der Waals surface area contributed by atoms with Crippen molar-refractivity contribution in [1.29, 1.82) is 0 Å². The molecular weight excluding hydrogens is 357 g/mol. The van der Waals surface area contributed by atoms with Crippen LogP contribution in [0.1, 0.15) is 11.1 Å². The smallest absolute Gasteiger partial charge is 0.405 e. The van der Waals surface area contributed by atoms with Crippen molar-refractivity contribution in [3.05, 3.63) is 59.7 Å². The van der Waals surface area contributed by atoms with Crippen LogP contribution in [-0.2, 0) is 17.8 Å². The number of amides is 1. The summed E-state index contributed by atoms with van der Waals surface area (Å²) in [5.41, 5.74) is 7.24. The van der Waals surface area contributed by atoms with Crippen molar-refractivity contribution in [1.82, 2.24) is 4.90 Å². The zero-order chi connectivity index (χ0) is 17.7. The summed E-state index contributed by atoms with van der Waals surface area (Å²) in [5, 5.41) is 0. The molecule has 136 valence electrons. The van der Waals surface area contributed by atoms with Crippen LogP contribution in [0.15, 0.2) is 48.5 Å². The lowest BCUT2D eigenvalue weighted by atomic mass is 10.1. The number of hydrogen-bond acceptors (Lipinski definition) is 3. The molecule has 4 nitrogen and oxygen atoms in total. The summed E-state index contributed by atoms with van der Waals surface area (Å²) in [7, 11) is 1.53. The van der Waals surface area contributed by atoms with Gasteiger partial charge in [-0.3, -0.25) is 4.79 Å². The van der Waals surface area contributed by atoms with E-state index in [4.69, 9.17) is 5.73 Å². The van der Waals surface area contributed by atoms with Crippen molar-refractivity contribution < 1.29 is 22.7 Å². The lowest BCUT2D eigenvalue weighted by Crippen LogP contribution is -2.28. The van der Waals surface area contributed by atoms with E-state index in [-0.39, 0.29) is 42.6 Å². The molecule has 25 heavy (non-hydrogen) atoms. The third-order valence-electron chi connectivity index (χ3n) is 3.37. The monoisotopic (exact) mass is 374 g/mol. The second-order valence-electron chi connectivity index (χ2n) is 5.32. The molecule has 0 radical (unpaired) electrons. The summed E-state index contributed by atoms with van der Waals surface area (Å²) in [6.07, 6.45) is -4.64. The van der Waals surface area contributed by atoms with Crippen molar-refractivity contribution >= 4 is 24.0 Å². The number of benzene rings is 2. The molecular formula is C17H18ClF3N2O2. The first kappa shape index (κ1) is 20.6. The number of nitrogens with zero attached hydrogens (tertiary/aromatic N) is 1. The van der Waals surface area contributed by atoms with E-state index in [0.29, 0.717) is 5.69 Å². The number of para-hydroxylation sites is 1. The molecule has 2 aromatic carbocycles. The lowest BCUT2D eigenvalue weighted by molar-refractivity contribution is -0.275. The number of nitrogens with two attached hydrogens (primary N) is 1. The van der Waals surface area contributed by atoms with Crippen molar-refractivity contribution in [2.24, 2.45) is 0 Å². The highest BCUT2D eigenvalue weighted by Gasteiger charge is 2.32. The van der Waals surface area contributed by atoms with Gasteiger partial charge in [-0.05, 0) is 23.8 Å². The molecule has 0 unspecified atom stereocenters. The van der Waals surface area contributed by atoms with Gasteiger partial charge in [0.1, 0.15) is 5.75 Å². The van der Waals surface area contributed by atoms with Gasteiger partial charge in [-0.1, -0.05) is 30.3 Å². The van der Waals surface area contributed by atoms with Gasteiger partial charge in [0.15, 0.2) is 0 Å². The molecule has 0 aliphatic carbocycles. The summed E-state index contributed by atoms with van der Waals surface area (Å²) in [4.78, 5) is 13.6. The Morgan fingerprint density at radius 1 is 1.12 bits per heavy atom. The van der Waals surface area contributed by atoms with E-state index in [9.17, 15) is 18.0 Å². The Kier molecular flexibility index (Phi) is 7.11. The van der Waals surface area contributed by atoms with Crippen LogP contribution in [0.3, 0.4) is 0 Å². The molecule has 2 aromatic rings. The van der Waals surface area contributed by atoms with Crippen LogP contribution >= 0.6 is 12.4 Å². The van der Waals surface area contributed by atoms with Crippen molar-refractivity contribution in [2.75, 3.05) is 12.8 Å². The number of hydrogen-bond donors (Lipinski definition) is 1. The summed E-state index contributed by atoms with van der Waals surface area (Å²) < 4.78 is 41.3. The average Bonchev–Trinajstić information content (AvgIpc) is 2.50. The Labute approximate surface area is 149 Å². The molecule has 0 fully saturated rings. The predicted octanol–water partition coefficient (Wildman–Crippen LogP) is 3.79. The highest BCUT2D eigenvalue weighted by Crippen LogP contribution is 2.27. The number of anilines is 1. The molecule has 0 aromatic heterocycles. The maximum Gasteiger partial charge on any atom is 0.573 e. The minimum Gasteiger partial charge on any atom is -0.405 e. The van der Waals surface area contributed by atoms with Gasteiger partial charge in [0.05, 0.1) is 6.42 Å². The van der Waals surface area contributed by atoms with Crippen LogP contribution in [-0.4, -0.2) is 24.2 Å². The van der Waals surface area contributed by atoms with Gasteiger partial charge in [-0.25, -0.2) is 0 Å². The number of halogens is 4. The average molecular weight is 375 g/mol. The van der Waals surface area contributed by atoms with Crippen LogP contribution in [0.2, 0.25) is 0 Å². The van der Waals surface area contributed by atoms with E-state index in [1.54, 1.807) is 30.3 Å². The number of ether oxygens (including phenoxy) is 1. The molecule has 0 saturated heterocycles. The molecule has 0 aliphatic rings. The van der Waals surface area contributed by atoms with Gasteiger partial charge < -0.3 is 15.4 Å². The second kappa shape index (κ2) is 8.62. The van der Waals surface area contributed by atoms with E-state index in [0.717, 1.165) is 5.56 Å². The number of nitrogen functional groups attached to an aromatic ring is 1. The minimum atomic E-state index is -4.78. The van der Waals surface area contributed by atoms with Crippen LogP contribution in [0.4, 0.5) is 18.9 Å². The van der Waals surface area contributed by atoms with E-state index in [2.05, 4.69) is 4.74 Å². The first-order chi connectivity index (χ1) is 11.2. The number of likely N-dealkylation sites (N-methyl/N-ethyl adjacent to an activating group) is 1. The Hall–Kier alpha value is -2.41. The van der Waals surface area contributed by atoms with Crippen LogP contribution in [0.5, 0.6) is 5.75 Å². The van der Waals surface area contributed by atoms with E-state index in [1.165, 1.54) is 30.1 Å². The molecule has 1 amide bonds. The molecule has 2 rings (SSSR count). The Morgan fingerprint density at radius 3 is 2.32 bits per heavy atom. The standard InChI is InChI=1S/C17H17F3N2O2.ClH/c1-22(16(23)10-12-6-8-14(21)9-7-12)11-13-4-2-3-5-15(13)24-17(18,19)20;/h2-9H,10-11,21H2,1H3;1H. The van der Waals surface area contributed by atoms with Crippen molar-refractivity contribution in [2.45, 2.75) is 19.3 Å². The van der Waals surface area contributed by atoms with Crippen LogP contribution in [0.25, 0.3) is 0 Å². The van der Waals surface area contributed by atoms with Crippen molar-refractivity contribution in [3.63, 3.8) is 0 Å². The maximum atomic E-state index is 12.4. The first-order valence-electron chi connectivity index (χ1n) is 7.16. The van der Waals surface area contributed by atoms with Crippen LogP contribution in [0, 0.1) is 0 Å². The molecule has 0 atom stereocenters. The predicted molar refractivity (Wildman–Crippen MR) is 91.4 cm³/mol. The number of rotatable bonds is 5. The fraction of sp³-hybridized carbons (Fsp3) is 0.235. The van der Waals surface area contributed by atoms with E-state index in [1.807, 2.05) is 0 Å². The minimum absolute atomic E-state index is 0. The largest absolute Gasteiger partial charge is 0.573 e. The summed E-state index contributed by atoms with van der Waals surface area (Å²) >= 11 is 0. The normalized spacial score (nSPS) is 10.7. The molecule has 0 spiro atoms. The molecule has 0 bridgehead atoms. The Morgan fingerprint density at radius 2 is 1.72 bits per heavy atom. The summed E-state index contributed by atoms with van der Waals surface area (Å²) in [6, 6.07) is 12.6. The lowest BCUT2D eigenvalue weighted by Gasteiger charge is -2.20. The Bertz CT molecular complexity index is 706. The highest BCUT2D eigenvalue weighted by atomic mass is 35.5. The second-order valence-corrected chi connectivity index (χ2v) is 5.32. The molecule has 8 heteroatoms. The van der Waals surface area contributed by atoms with Gasteiger partial charge in [0.25, 0.3) is 0 Å². The van der Waals surface area contributed by atoms with E-state index >= 15 is 0 Å². The molecule has 0 heterocycles. The topological polar surface area (TPSA) is 55.6 Å². The number of carbonyl (C=O) groups is 1. The Balaban J connectivity index is 0.00000312. The number of carbonyl (C=O) groups excluding carboxylic acids is 1. The molecule has 0 saturated carbocycles. The summed E-state index contributed by atoms with van der Waals surface area (Å²) in [5.74, 6) is -0.529. The first-order valence-corrected chi connectivity index (χ1v) is 7.16. The van der Waals surface area contributed by atoms with Gasteiger partial charge in [-0.15, -0.1) is 25.6 Å². The quantitative estimate of drug-likeness (QED) is 0.810.